The van der Waals surface area contributed by atoms with E-state index >= 15 is 0 Å². The van der Waals surface area contributed by atoms with Gasteiger partial charge in [-0.05, 0) is 26.8 Å². The van der Waals surface area contributed by atoms with Crippen molar-refractivity contribution in [3.05, 3.63) is 36.1 Å². The summed E-state index contributed by atoms with van der Waals surface area (Å²) in [6.45, 7) is 8.57. The van der Waals surface area contributed by atoms with Gasteiger partial charge in [0.1, 0.15) is 0 Å². The van der Waals surface area contributed by atoms with Crippen LogP contribution in [0.15, 0.2) is 36.1 Å². The highest BCUT2D eigenvalue weighted by atomic mass is 31.3. The Kier molecular flexibility index (Phi) is 7.52. The summed E-state index contributed by atoms with van der Waals surface area (Å²) in [6.07, 6.45) is 3.85. The van der Waals surface area contributed by atoms with Gasteiger partial charge in [0.05, 0.1) is 12.9 Å². The largest absolute Gasteiger partial charge is 0.538 e. The maximum atomic E-state index is 11.9. The average molecular weight is 312 g/mol. The molecule has 0 aromatic heterocycles. The predicted octanol–water partition coefficient (Wildman–Crippen LogP) is 3.29. The molecule has 0 amide bonds. The van der Waals surface area contributed by atoms with Gasteiger partial charge >= 0.3 is 15.6 Å². The second-order valence-electron chi connectivity index (χ2n) is 3.85. The van der Waals surface area contributed by atoms with E-state index in [1.54, 1.807) is 26.8 Å². The molecule has 0 aliphatic rings. The molecule has 0 radical (unpaired) electrons. The molecule has 110 valence electrons. The van der Waals surface area contributed by atoms with Crippen LogP contribution in [0.5, 0.6) is 0 Å². The van der Waals surface area contributed by atoms with Crippen LogP contribution in [0, 0.1) is 0 Å². The lowest BCUT2D eigenvalue weighted by molar-refractivity contribution is 0.183. The van der Waals surface area contributed by atoms with E-state index in [-0.39, 0.29) is 6.61 Å². The van der Waals surface area contributed by atoms with E-state index in [1.807, 2.05) is 0 Å². The third-order valence-corrected chi connectivity index (χ3v) is 3.97. The lowest BCUT2D eigenvalue weighted by Crippen LogP contribution is -1.97. The van der Waals surface area contributed by atoms with Crippen LogP contribution in [0.3, 0.4) is 0 Å². The standard InChI is InChI=1S/C10H18O7P2/c1-9(2)5-7-15-19(14,17-18(11,12)13)16-8-6-10(3)4/h5-7H,1,8H2,2-4H3,(H2,11,12,13). The van der Waals surface area contributed by atoms with Gasteiger partial charge in [0.2, 0.25) is 0 Å². The maximum absolute atomic E-state index is 11.9. The molecule has 0 aromatic rings. The molecule has 0 fully saturated rings. The molecular weight excluding hydrogens is 294 g/mol. The molecule has 0 rings (SSSR count). The van der Waals surface area contributed by atoms with E-state index in [2.05, 4.69) is 15.4 Å². The maximum Gasteiger partial charge on any atom is 0.538 e. The molecule has 7 nitrogen and oxygen atoms in total. The number of phosphoric ester groups is 1. The number of rotatable bonds is 8. The Morgan fingerprint density at radius 1 is 1.26 bits per heavy atom. The summed E-state index contributed by atoms with van der Waals surface area (Å²) in [7, 11) is -9.39. The van der Waals surface area contributed by atoms with Crippen LogP contribution in [-0.2, 0) is 22.5 Å². The summed E-state index contributed by atoms with van der Waals surface area (Å²) in [5, 5.41) is 0. The van der Waals surface area contributed by atoms with Gasteiger partial charge in [-0.1, -0.05) is 23.8 Å². The molecule has 19 heavy (non-hydrogen) atoms. The highest BCUT2D eigenvalue weighted by Gasteiger charge is 2.36. The van der Waals surface area contributed by atoms with Crippen LogP contribution in [0.25, 0.3) is 0 Å². The fourth-order valence-corrected chi connectivity index (χ4v) is 2.63. The lowest BCUT2D eigenvalue weighted by atomic mass is 10.3. The van der Waals surface area contributed by atoms with Crippen molar-refractivity contribution in [1.82, 2.24) is 0 Å². The summed E-state index contributed by atoms with van der Waals surface area (Å²) in [5.74, 6) is 0. The molecule has 1 atom stereocenters. The highest BCUT2D eigenvalue weighted by Crippen LogP contribution is 2.61. The van der Waals surface area contributed by atoms with E-state index in [0.717, 1.165) is 11.8 Å². The Morgan fingerprint density at radius 2 is 1.84 bits per heavy atom. The zero-order chi connectivity index (χ0) is 15.1. The first kappa shape index (κ1) is 18.3. The van der Waals surface area contributed by atoms with Crippen molar-refractivity contribution in [2.24, 2.45) is 0 Å². The average Bonchev–Trinajstić information content (AvgIpc) is 2.12. The topological polar surface area (TPSA) is 102 Å². The van der Waals surface area contributed by atoms with Crippen LogP contribution >= 0.6 is 15.6 Å². The number of allylic oxidation sites excluding steroid dienone is 3. The van der Waals surface area contributed by atoms with Crippen molar-refractivity contribution in [3.8, 4) is 0 Å². The van der Waals surface area contributed by atoms with E-state index in [9.17, 15) is 9.13 Å². The molecule has 0 heterocycles. The monoisotopic (exact) mass is 312 g/mol. The number of phosphoric acid groups is 2. The van der Waals surface area contributed by atoms with Crippen LogP contribution < -0.4 is 0 Å². The SMILES string of the molecule is C=C(C)C=COP(=O)(OCC=C(C)C)OP(=O)(O)O. The van der Waals surface area contributed by atoms with Gasteiger partial charge < -0.3 is 14.3 Å². The van der Waals surface area contributed by atoms with Gasteiger partial charge in [0.25, 0.3) is 0 Å². The Labute approximate surface area is 112 Å². The van der Waals surface area contributed by atoms with Crippen LogP contribution in [-0.4, -0.2) is 16.4 Å². The zero-order valence-electron chi connectivity index (χ0n) is 11.0. The van der Waals surface area contributed by atoms with Crippen molar-refractivity contribution in [1.29, 1.82) is 0 Å². The number of hydrogen-bond donors (Lipinski definition) is 2. The first-order valence-corrected chi connectivity index (χ1v) is 8.18. The molecular formula is C10H18O7P2. The fourth-order valence-electron chi connectivity index (χ4n) is 0.720. The van der Waals surface area contributed by atoms with Crippen LogP contribution in [0.2, 0.25) is 0 Å². The van der Waals surface area contributed by atoms with Crippen molar-refractivity contribution < 1.29 is 32.3 Å². The third-order valence-electron chi connectivity index (χ3n) is 1.47. The molecule has 0 saturated carbocycles. The van der Waals surface area contributed by atoms with E-state index < -0.39 is 15.6 Å². The molecule has 0 spiro atoms. The fraction of sp³-hybridized carbons (Fsp3) is 0.400. The molecule has 0 saturated heterocycles. The molecule has 0 aromatic carbocycles. The Bertz CT molecular complexity index is 456. The molecule has 0 aliphatic carbocycles. The van der Waals surface area contributed by atoms with Crippen LogP contribution in [0.4, 0.5) is 0 Å². The molecule has 9 heteroatoms. The summed E-state index contributed by atoms with van der Waals surface area (Å²) in [6, 6.07) is 0. The van der Waals surface area contributed by atoms with Gasteiger partial charge in [-0.3, -0.25) is 4.52 Å². The number of hydrogen-bond acceptors (Lipinski definition) is 5. The Morgan fingerprint density at radius 3 is 2.26 bits per heavy atom. The van der Waals surface area contributed by atoms with Crippen molar-refractivity contribution >= 4 is 15.6 Å². The first-order valence-electron chi connectivity index (χ1n) is 5.19. The Balaban J connectivity index is 4.82. The second kappa shape index (κ2) is 7.80. The van der Waals surface area contributed by atoms with Gasteiger partial charge in [-0.15, -0.1) is 0 Å². The lowest BCUT2D eigenvalue weighted by Gasteiger charge is -2.15. The van der Waals surface area contributed by atoms with Crippen molar-refractivity contribution in [2.45, 2.75) is 20.8 Å². The third kappa shape index (κ3) is 10.9. The van der Waals surface area contributed by atoms with E-state index in [0.29, 0.717) is 5.57 Å². The second-order valence-corrected chi connectivity index (χ2v) is 6.85. The first-order chi connectivity index (χ1) is 8.54. The molecule has 0 bridgehead atoms. The molecule has 1 unspecified atom stereocenters. The minimum Gasteiger partial charge on any atom is -0.412 e. The van der Waals surface area contributed by atoms with Gasteiger partial charge in [-0.25, -0.2) is 9.13 Å². The summed E-state index contributed by atoms with van der Waals surface area (Å²) in [4.78, 5) is 17.3. The Hall–Kier alpha value is -0.680. The molecule has 0 aliphatic heterocycles. The van der Waals surface area contributed by atoms with E-state index in [4.69, 9.17) is 14.3 Å². The van der Waals surface area contributed by atoms with Gasteiger partial charge in [0.15, 0.2) is 0 Å². The minimum absolute atomic E-state index is 0.166. The summed E-state index contributed by atoms with van der Waals surface area (Å²) in [5.41, 5.74) is 1.47. The minimum atomic E-state index is -5.01. The quantitative estimate of drug-likeness (QED) is 0.307. The van der Waals surface area contributed by atoms with E-state index in [1.165, 1.54) is 6.08 Å². The van der Waals surface area contributed by atoms with Gasteiger partial charge in [-0.2, -0.15) is 4.31 Å². The summed E-state index contributed by atoms with van der Waals surface area (Å²) < 4.78 is 36.1. The normalized spacial score (nSPS) is 15.0. The highest BCUT2D eigenvalue weighted by molar-refractivity contribution is 7.61. The summed E-state index contributed by atoms with van der Waals surface area (Å²) >= 11 is 0. The van der Waals surface area contributed by atoms with Crippen LogP contribution in [0.1, 0.15) is 20.8 Å². The smallest absolute Gasteiger partial charge is 0.412 e. The molecule has 2 N–H and O–H groups in total. The van der Waals surface area contributed by atoms with Gasteiger partial charge in [0, 0.05) is 0 Å². The predicted molar refractivity (Wildman–Crippen MR) is 71.2 cm³/mol. The van der Waals surface area contributed by atoms with Crippen molar-refractivity contribution in [2.75, 3.05) is 6.61 Å². The zero-order valence-corrected chi connectivity index (χ0v) is 12.8. The van der Waals surface area contributed by atoms with Crippen molar-refractivity contribution in [3.63, 3.8) is 0 Å².